The third kappa shape index (κ3) is 5.74. The molecule has 0 fully saturated rings. The van der Waals surface area contributed by atoms with Crippen LogP contribution in [0.1, 0.15) is 27.0 Å². The number of halogens is 1. The molecule has 0 aliphatic carbocycles. The number of fused-ring (bicyclic) bond motifs is 1. The third-order valence-corrected chi connectivity index (χ3v) is 6.29. The summed E-state index contributed by atoms with van der Waals surface area (Å²) in [6.45, 7) is 2.35. The molecule has 6 nitrogen and oxygen atoms in total. The van der Waals surface area contributed by atoms with Gasteiger partial charge < -0.3 is 14.2 Å². The van der Waals surface area contributed by atoms with Gasteiger partial charge >= 0.3 is 0 Å². The average Bonchev–Trinajstić information content (AvgIpc) is 2.87. The molecule has 4 aromatic carbocycles. The Kier molecular flexibility index (Phi) is 7.87. The zero-order valence-corrected chi connectivity index (χ0v) is 21.8. The first-order valence-corrected chi connectivity index (χ1v) is 12.0. The van der Waals surface area contributed by atoms with Gasteiger partial charge in [-0.15, -0.1) is 0 Å². The number of carbonyl (C=O) groups is 1. The molecule has 0 atom stereocenters. The molecule has 178 valence electrons. The highest BCUT2D eigenvalue weighted by Gasteiger charge is 2.14. The summed E-state index contributed by atoms with van der Waals surface area (Å²) < 4.78 is 17.9. The van der Waals surface area contributed by atoms with Crippen LogP contribution in [0.4, 0.5) is 0 Å². The fourth-order valence-corrected chi connectivity index (χ4v) is 4.52. The number of nitrogens with one attached hydrogen (secondary N) is 1. The second-order valence-corrected chi connectivity index (χ2v) is 9.03. The molecule has 0 spiro atoms. The number of benzene rings is 4. The molecule has 35 heavy (non-hydrogen) atoms. The van der Waals surface area contributed by atoms with E-state index in [9.17, 15) is 4.79 Å². The first kappa shape index (κ1) is 24.5. The van der Waals surface area contributed by atoms with E-state index in [2.05, 4.69) is 57.4 Å². The van der Waals surface area contributed by atoms with Gasteiger partial charge in [-0.25, -0.2) is 5.43 Å². The Balaban J connectivity index is 1.48. The van der Waals surface area contributed by atoms with Gasteiger partial charge in [0.15, 0.2) is 11.5 Å². The lowest BCUT2D eigenvalue weighted by molar-refractivity contribution is 0.0952. The van der Waals surface area contributed by atoms with Crippen LogP contribution in [-0.4, -0.2) is 26.3 Å². The van der Waals surface area contributed by atoms with Crippen LogP contribution >= 0.6 is 22.6 Å². The van der Waals surface area contributed by atoms with Crippen molar-refractivity contribution in [1.82, 2.24) is 5.43 Å². The van der Waals surface area contributed by atoms with Crippen LogP contribution in [0.3, 0.4) is 0 Å². The fourth-order valence-electron chi connectivity index (χ4n) is 3.73. The van der Waals surface area contributed by atoms with Crippen molar-refractivity contribution in [1.29, 1.82) is 0 Å². The van der Waals surface area contributed by atoms with Crippen LogP contribution in [0.15, 0.2) is 77.9 Å². The van der Waals surface area contributed by atoms with E-state index in [1.165, 1.54) is 12.5 Å². The number of methoxy groups -OCH3 is 2. The van der Waals surface area contributed by atoms with Gasteiger partial charge in [-0.1, -0.05) is 48.5 Å². The summed E-state index contributed by atoms with van der Waals surface area (Å²) in [7, 11) is 3.13. The molecule has 0 saturated heterocycles. The number of hydrazone groups is 1. The lowest BCUT2D eigenvalue weighted by Crippen LogP contribution is -2.18. The Bertz CT molecular complexity index is 1400. The number of amides is 1. The Labute approximate surface area is 218 Å². The van der Waals surface area contributed by atoms with Crippen molar-refractivity contribution in [2.45, 2.75) is 13.5 Å². The normalized spacial score (nSPS) is 11.0. The maximum atomic E-state index is 12.5. The summed E-state index contributed by atoms with van der Waals surface area (Å²) in [6.07, 6.45) is 1.57. The van der Waals surface area contributed by atoms with E-state index in [0.29, 0.717) is 29.4 Å². The van der Waals surface area contributed by atoms with Crippen LogP contribution in [0, 0.1) is 10.5 Å². The van der Waals surface area contributed by atoms with Gasteiger partial charge in [0, 0.05) is 0 Å². The summed E-state index contributed by atoms with van der Waals surface area (Å²) in [5, 5.41) is 6.44. The maximum absolute atomic E-state index is 12.5. The highest BCUT2D eigenvalue weighted by atomic mass is 127. The number of aryl methyl sites for hydroxylation is 1. The van der Waals surface area contributed by atoms with Crippen molar-refractivity contribution in [3.05, 3.63) is 98.6 Å². The first-order chi connectivity index (χ1) is 17.0. The van der Waals surface area contributed by atoms with Crippen molar-refractivity contribution in [2.24, 2.45) is 5.10 Å². The summed E-state index contributed by atoms with van der Waals surface area (Å²) in [6, 6.07) is 23.5. The second-order valence-electron chi connectivity index (χ2n) is 7.86. The molecule has 4 aromatic rings. The van der Waals surface area contributed by atoms with Crippen molar-refractivity contribution in [2.75, 3.05) is 14.2 Å². The molecule has 0 aliphatic rings. The van der Waals surface area contributed by atoms with Crippen molar-refractivity contribution >= 4 is 45.5 Å². The van der Waals surface area contributed by atoms with Crippen LogP contribution in [0.25, 0.3) is 10.8 Å². The van der Waals surface area contributed by atoms with Gasteiger partial charge in [-0.05, 0) is 81.2 Å². The molecule has 1 amide bonds. The zero-order chi connectivity index (χ0) is 24.8. The SMILES string of the molecule is COc1cc(C)ccc1C(=O)N/N=C\c1cc(I)c(OCc2cccc3ccccc23)c(OC)c1. The first-order valence-electron chi connectivity index (χ1n) is 10.9. The lowest BCUT2D eigenvalue weighted by Gasteiger charge is -2.14. The van der Waals surface area contributed by atoms with Crippen molar-refractivity contribution < 1.29 is 19.0 Å². The zero-order valence-electron chi connectivity index (χ0n) is 19.7. The average molecular weight is 580 g/mol. The van der Waals surface area contributed by atoms with Gasteiger partial charge in [0.05, 0.1) is 29.6 Å². The van der Waals surface area contributed by atoms with Crippen LogP contribution < -0.4 is 19.6 Å². The molecule has 0 saturated carbocycles. The van der Waals surface area contributed by atoms with E-state index in [-0.39, 0.29) is 5.91 Å². The Morgan fingerprint density at radius 2 is 1.74 bits per heavy atom. The number of rotatable bonds is 8. The molecule has 0 unspecified atom stereocenters. The number of nitrogens with zero attached hydrogens (tertiary/aromatic N) is 1. The molecule has 0 radical (unpaired) electrons. The maximum Gasteiger partial charge on any atom is 0.275 e. The predicted octanol–water partition coefficient (Wildman–Crippen LogP) is 6.11. The molecule has 7 heteroatoms. The van der Waals surface area contributed by atoms with Gasteiger partial charge in [-0.2, -0.15) is 5.10 Å². The molecular formula is C28H25IN2O4. The van der Waals surface area contributed by atoms with Gasteiger partial charge in [0.1, 0.15) is 12.4 Å². The van der Waals surface area contributed by atoms with Crippen molar-refractivity contribution in [3.8, 4) is 17.2 Å². The number of ether oxygens (including phenoxy) is 3. The Morgan fingerprint density at radius 3 is 2.54 bits per heavy atom. The fraction of sp³-hybridized carbons (Fsp3) is 0.143. The highest BCUT2D eigenvalue weighted by Crippen LogP contribution is 2.34. The van der Waals surface area contributed by atoms with Crippen LogP contribution in [0.2, 0.25) is 0 Å². The highest BCUT2D eigenvalue weighted by molar-refractivity contribution is 14.1. The quantitative estimate of drug-likeness (QED) is 0.155. The molecular weight excluding hydrogens is 555 g/mol. The van der Waals surface area contributed by atoms with Crippen LogP contribution in [0.5, 0.6) is 17.2 Å². The monoisotopic (exact) mass is 580 g/mol. The summed E-state index contributed by atoms with van der Waals surface area (Å²) >= 11 is 2.21. The molecule has 4 rings (SSSR count). The molecule has 0 aromatic heterocycles. The number of hydrogen-bond acceptors (Lipinski definition) is 5. The molecule has 0 aliphatic heterocycles. The minimum Gasteiger partial charge on any atom is -0.496 e. The second kappa shape index (κ2) is 11.2. The Morgan fingerprint density at radius 1 is 0.971 bits per heavy atom. The summed E-state index contributed by atoms with van der Waals surface area (Å²) in [4.78, 5) is 12.5. The minimum atomic E-state index is -0.352. The van der Waals surface area contributed by atoms with Crippen molar-refractivity contribution in [3.63, 3.8) is 0 Å². The van der Waals surface area contributed by atoms with E-state index in [4.69, 9.17) is 14.2 Å². The number of carbonyl (C=O) groups excluding carboxylic acids is 1. The minimum absolute atomic E-state index is 0.352. The summed E-state index contributed by atoms with van der Waals surface area (Å²) in [5.74, 6) is 1.40. The molecule has 0 heterocycles. The van der Waals surface area contributed by atoms with E-state index >= 15 is 0 Å². The predicted molar refractivity (Wildman–Crippen MR) is 147 cm³/mol. The lowest BCUT2D eigenvalue weighted by atomic mass is 10.1. The topological polar surface area (TPSA) is 69.2 Å². The standard InChI is InChI=1S/C28H25IN2O4/c1-18-11-12-23(25(13-18)33-2)28(32)31-30-16-19-14-24(29)27(26(15-19)34-3)35-17-21-9-6-8-20-7-4-5-10-22(20)21/h4-16H,17H2,1-3H3,(H,31,32)/b30-16-. The van der Waals surface area contributed by atoms with Gasteiger partial charge in [0.25, 0.3) is 5.91 Å². The van der Waals surface area contributed by atoms with Crippen LogP contribution in [-0.2, 0) is 6.61 Å². The molecule has 0 bridgehead atoms. The van der Waals surface area contributed by atoms with Gasteiger partial charge in [0.2, 0.25) is 0 Å². The van der Waals surface area contributed by atoms with E-state index in [1.807, 2.05) is 49.4 Å². The Hall–Kier alpha value is -3.59. The van der Waals surface area contributed by atoms with E-state index in [0.717, 1.165) is 25.6 Å². The smallest absolute Gasteiger partial charge is 0.275 e. The largest absolute Gasteiger partial charge is 0.496 e. The van der Waals surface area contributed by atoms with E-state index in [1.54, 1.807) is 19.4 Å². The van der Waals surface area contributed by atoms with E-state index < -0.39 is 0 Å². The van der Waals surface area contributed by atoms with Gasteiger partial charge in [-0.3, -0.25) is 4.79 Å². The number of hydrogen-bond donors (Lipinski definition) is 1. The summed E-state index contributed by atoms with van der Waals surface area (Å²) in [5.41, 5.74) is 5.84. The third-order valence-electron chi connectivity index (χ3n) is 5.49. The molecule has 1 N–H and O–H groups in total.